The summed E-state index contributed by atoms with van der Waals surface area (Å²) in [6.07, 6.45) is 1.63. The lowest BCUT2D eigenvalue weighted by Crippen LogP contribution is -2.32. The summed E-state index contributed by atoms with van der Waals surface area (Å²) in [6.45, 7) is 0.374. The Kier molecular flexibility index (Phi) is 4.88. The number of likely N-dealkylation sites (N-methyl/N-ethyl adjacent to an activating group) is 1. The van der Waals surface area contributed by atoms with Gasteiger partial charge in [-0.3, -0.25) is 4.79 Å². The maximum Gasteiger partial charge on any atom is 0.323 e. The Hall–Kier alpha value is -3.85. The van der Waals surface area contributed by atoms with Crippen molar-refractivity contribution < 1.29 is 9.21 Å². The van der Waals surface area contributed by atoms with Gasteiger partial charge in [0.1, 0.15) is 0 Å². The maximum atomic E-state index is 11.8. The Balaban J connectivity index is 1.57. The van der Waals surface area contributed by atoms with Crippen LogP contribution in [0.25, 0.3) is 22.4 Å². The van der Waals surface area contributed by atoms with Crippen molar-refractivity contribution in [1.82, 2.24) is 19.9 Å². The zero-order chi connectivity index (χ0) is 20.4. The summed E-state index contributed by atoms with van der Waals surface area (Å²) in [5.41, 5.74) is 9.08. The highest BCUT2D eigenvalue weighted by molar-refractivity contribution is 5.80. The van der Waals surface area contributed by atoms with Crippen molar-refractivity contribution in [2.75, 3.05) is 18.9 Å². The van der Waals surface area contributed by atoms with Gasteiger partial charge in [0.15, 0.2) is 5.76 Å². The average Bonchev–Trinajstić information content (AvgIpc) is 3.33. The Bertz CT molecular complexity index is 1220. The fourth-order valence-electron chi connectivity index (χ4n) is 3.09. The molecule has 9 heteroatoms. The average molecular weight is 392 g/mol. The largest absolute Gasteiger partial charge is 0.423 e. The third kappa shape index (κ3) is 3.90. The molecular formula is C20H20N6O3. The number of aromatic amines is 2. The molecule has 9 nitrogen and oxygen atoms in total. The molecule has 0 aliphatic carbocycles. The molecule has 0 unspecified atom stereocenters. The van der Waals surface area contributed by atoms with Crippen LogP contribution in [0.2, 0.25) is 0 Å². The molecule has 4 rings (SSSR count). The first kappa shape index (κ1) is 18.5. The number of hydrogen-bond acceptors (Lipinski definition) is 6. The van der Waals surface area contributed by atoms with Gasteiger partial charge in [-0.05, 0) is 23.8 Å². The first-order chi connectivity index (χ1) is 14.0. The lowest BCUT2D eigenvalue weighted by Gasteiger charge is -2.17. The molecule has 0 bridgehead atoms. The Morgan fingerprint density at radius 3 is 2.83 bits per heavy atom. The van der Waals surface area contributed by atoms with Crippen molar-refractivity contribution in [3.05, 3.63) is 64.7 Å². The van der Waals surface area contributed by atoms with Crippen LogP contribution in [0.1, 0.15) is 5.56 Å². The molecule has 0 aliphatic heterocycles. The van der Waals surface area contributed by atoms with E-state index in [2.05, 4.69) is 20.3 Å². The molecule has 2 aromatic heterocycles. The second kappa shape index (κ2) is 7.64. The summed E-state index contributed by atoms with van der Waals surface area (Å²) < 4.78 is 5.87. The number of fused-ring (bicyclic) bond motifs is 1. The summed E-state index contributed by atoms with van der Waals surface area (Å²) in [5, 5.41) is 3.09. The Labute approximate surface area is 165 Å². The van der Waals surface area contributed by atoms with E-state index in [1.165, 1.54) is 0 Å². The van der Waals surface area contributed by atoms with Crippen LogP contribution in [0, 0.1) is 0 Å². The summed E-state index contributed by atoms with van der Waals surface area (Å²) in [6, 6.07) is 13.4. The van der Waals surface area contributed by atoms with Gasteiger partial charge < -0.3 is 30.3 Å². The number of benzene rings is 2. The molecule has 0 radical (unpaired) electrons. The number of anilines is 2. The first-order valence-electron chi connectivity index (χ1n) is 9.00. The van der Waals surface area contributed by atoms with E-state index in [1.807, 2.05) is 30.3 Å². The molecule has 0 aliphatic rings. The van der Waals surface area contributed by atoms with E-state index < -0.39 is 0 Å². The molecule has 2 aromatic carbocycles. The van der Waals surface area contributed by atoms with Gasteiger partial charge in [-0.2, -0.15) is 0 Å². The fraction of sp³-hybridized carbons (Fsp3) is 0.150. The summed E-state index contributed by atoms with van der Waals surface area (Å²) in [7, 11) is 1.71. The van der Waals surface area contributed by atoms with Crippen LogP contribution in [-0.4, -0.2) is 39.4 Å². The topological polar surface area (TPSA) is 133 Å². The van der Waals surface area contributed by atoms with Gasteiger partial charge in [0.25, 0.3) is 6.01 Å². The number of nitrogens with zero attached hydrogens (tertiary/aromatic N) is 2. The second-order valence-corrected chi connectivity index (χ2v) is 6.61. The normalized spacial score (nSPS) is 11.0. The molecule has 0 saturated heterocycles. The van der Waals surface area contributed by atoms with Gasteiger partial charge >= 0.3 is 5.69 Å². The predicted molar refractivity (Wildman–Crippen MR) is 110 cm³/mol. The highest BCUT2D eigenvalue weighted by Gasteiger charge is 2.14. The van der Waals surface area contributed by atoms with Crippen LogP contribution in [-0.2, 0) is 11.3 Å². The SMILES string of the molecule is CN(Cc1ccccc1-c1cnc(Nc2ccc3[nH]c(=O)[nH]c3c2)o1)C(=O)CN. The fourth-order valence-corrected chi connectivity index (χ4v) is 3.09. The van der Waals surface area contributed by atoms with Gasteiger partial charge in [0.05, 0.1) is 23.8 Å². The van der Waals surface area contributed by atoms with Crippen LogP contribution in [0.3, 0.4) is 0 Å². The highest BCUT2D eigenvalue weighted by Crippen LogP contribution is 2.28. The molecule has 0 atom stereocenters. The molecule has 1 amide bonds. The molecule has 4 aromatic rings. The number of amides is 1. The van der Waals surface area contributed by atoms with Crippen LogP contribution < -0.4 is 16.7 Å². The van der Waals surface area contributed by atoms with Gasteiger partial charge in [-0.25, -0.2) is 9.78 Å². The number of aromatic nitrogens is 3. The summed E-state index contributed by atoms with van der Waals surface area (Å²) >= 11 is 0. The van der Waals surface area contributed by atoms with Crippen LogP contribution in [0.5, 0.6) is 0 Å². The molecule has 2 heterocycles. The number of oxazole rings is 1. The van der Waals surface area contributed by atoms with E-state index in [4.69, 9.17) is 10.2 Å². The monoisotopic (exact) mass is 392 g/mol. The van der Waals surface area contributed by atoms with E-state index in [1.54, 1.807) is 30.3 Å². The van der Waals surface area contributed by atoms with Gasteiger partial charge in [-0.1, -0.05) is 24.3 Å². The zero-order valence-corrected chi connectivity index (χ0v) is 15.7. The number of H-pyrrole nitrogens is 2. The van der Waals surface area contributed by atoms with Crippen molar-refractivity contribution in [3.63, 3.8) is 0 Å². The molecular weight excluding hydrogens is 372 g/mol. The van der Waals surface area contributed by atoms with Gasteiger partial charge in [0, 0.05) is 24.8 Å². The van der Waals surface area contributed by atoms with Crippen LogP contribution >= 0.6 is 0 Å². The van der Waals surface area contributed by atoms with Crippen molar-refractivity contribution in [1.29, 1.82) is 0 Å². The number of carbonyl (C=O) groups is 1. The van der Waals surface area contributed by atoms with Crippen LogP contribution in [0.15, 0.2) is 57.9 Å². The maximum absolute atomic E-state index is 11.8. The predicted octanol–water partition coefficient (Wildman–Crippen LogP) is 2.17. The summed E-state index contributed by atoms with van der Waals surface area (Å²) in [4.78, 5) is 34.5. The third-order valence-corrected chi connectivity index (χ3v) is 4.56. The lowest BCUT2D eigenvalue weighted by atomic mass is 10.1. The summed E-state index contributed by atoms with van der Waals surface area (Å²) in [5.74, 6) is 0.436. The smallest absolute Gasteiger partial charge is 0.323 e. The Morgan fingerprint density at radius 2 is 2.00 bits per heavy atom. The van der Waals surface area contributed by atoms with Gasteiger partial charge in [-0.15, -0.1) is 0 Å². The second-order valence-electron chi connectivity index (χ2n) is 6.61. The molecule has 0 saturated carbocycles. The Morgan fingerprint density at radius 1 is 1.21 bits per heavy atom. The number of carbonyl (C=O) groups excluding carboxylic acids is 1. The highest BCUT2D eigenvalue weighted by atomic mass is 16.4. The molecule has 29 heavy (non-hydrogen) atoms. The lowest BCUT2D eigenvalue weighted by molar-refractivity contribution is -0.128. The molecule has 148 valence electrons. The van der Waals surface area contributed by atoms with Crippen molar-refractivity contribution in [3.8, 4) is 11.3 Å². The molecule has 0 spiro atoms. The van der Waals surface area contributed by atoms with E-state index >= 15 is 0 Å². The number of hydrogen-bond donors (Lipinski definition) is 4. The standard InChI is InChI=1S/C20H20N6O3/c1-26(18(27)9-21)11-12-4-2-3-5-14(12)17-10-22-20(29-17)23-13-6-7-15-16(8-13)25-19(28)24-15/h2-8,10H,9,11,21H2,1H3,(H,22,23)(H2,24,25,28). The number of rotatable bonds is 6. The van der Waals surface area contributed by atoms with E-state index in [-0.39, 0.29) is 18.1 Å². The molecule has 0 fully saturated rings. The minimum absolute atomic E-state index is 0.0359. The van der Waals surface area contributed by atoms with Gasteiger partial charge in [0.2, 0.25) is 5.91 Å². The van der Waals surface area contributed by atoms with Crippen LogP contribution in [0.4, 0.5) is 11.7 Å². The van der Waals surface area contributed by atoms with E-state index in [0.29, 0.717) is 23.8 Å². The number of imidazole rings is 1. The number of nitrogens with one attached hydrogen (secondary N) is 3. The zero-order valence-electron chi connectivity index (χ0n) is 15.7. The van der Waals surface area contributed by atoms with E-state index in [0.717, 1.165) is 22.3 Å². The number of nitrogens with two attached hydrogens (primary N) is 1. The van der Waals surface area contributed by atoms with Crippen molar-refractivity contribution in [2.24, 2.45) is 5.73 Å². The van der Waals surface area contributed by atoms with Crippen molar-refractivity contribution in [2.45, 2.75) is 6.54 Å². The minimum Gasteiger partial charge on any atom is -0.423 e. The van der Waals surface area contributed by atoms with Crippen molar-refractivity contribution >= 4 is 28.6 Å². The quantitative estimate of drug-likeness (QED) is 0.397. The first-order valence-corrected chi connectivity index (χ1v) is 9.00. The minimum atomic E-state index is -0.259. The third-order valence-electron chi connectivity index (χ3n) is 4.56. The molecule has 5 N–H and O–H groups in total. The van der Waals surface area contributed by atoms with E-state index in [9.17, 15) is 9.59 Å².